The minimum absolute atomic E-state index is 0.0134. The molecule has 2 rings (SSSR count). The van der Waals surface area contributed by atoms with Crippen molar-refractivity contribution in [2.24, 2.45) is 0 Å². The van der Waals surface area contributed by atoms with Crippen molar-refractivity contribution < 1.29 is 19.7 Å². The molecule has 4 heteroatoms. The van der Waals surface area contributed by atoms with E-state index in [4.69, 9.17) is 0 Å². The third kappa shape index (κ3) is 2.39. The van der Waals surface area contributed by atoms with Crippen molar-refractivity contribution >= 4 is 0 Å². The predicted molar refractivity (Wildman–Crippen MR) is 69.8 cm³/mol. The van der Waals surface area contributed by atoms with Crippen molar-refractivity contribution in [2.45, 2.75) is 19.7 Å². The Hall–Kier alpha value is -2.07. The second kappa shape index (κ2) is 4.55. The number of hydrogen-bond acceptors (Lipinski definition) is 3. The molecule has 2 aromatic carbocycles. The average Bonchev–Trinajstić information content (AvgIpc) is 2.27. The molecule has 0 aliphatic carbocycles. The summed E-state index contributed by atoms with van der Waals surface area (Å²) in [5, 5.41) is 28.8. The first-order valence-corrected chi connectivity index (χ1v) is 5.84. The highest BCUT2D eigenvalue weighted by Gasteiger charge is 2.34. The van der Waals surface area contributed by atoms with Crippen LogP contribution in [0.25, 0.3) is 0 Å². The molecule has 19 heavy (non-hydrogen) atoms. The number of rotatable bonds is 2. The highest BCUT2D eigenvalue weighted by atomic mass is 19.2. The van der Waals surface area contributed by atoms with E-state index in [0.717, 1.165) is 0 Å². The van der Waals surface area contributed by atoms with Gasteiger partial charge in [0.1, 0.15) is 11.5 Å². The van der Waals surface area contributed by atoms with E-state index in [-0.39, 0.29) is 22.6 Å². The molecule has 0 aliphatic rings. The van der Waals surface area contributed by atoms with Crippen molar-refractivity contribution in [3.05, 3.63) is 58.7 Å². The number of benzene rings is 2. The van der Waals surface area contributed by atoms with Crippen molar-refractivity contribution in [2.75, 3.05) is 0 Å². The van der Waals surface area contributed by atoms with Crippen molar-refractivity contribution in [1.29, 1.82) is 0 Å². The van der Waals surface area contributed by atoms with Gasteiger partial charge in [-0.15, -0.1) is 0 Å². The first kappa shape index (κ1) is 13.4. The fourth-order valence-corrected chi connectivity index (χ4v) is 2.18. The van der Waals surface area contributed by atoms with Crippen LogP contribution in [0.1, 0.15) is 22.3 Å². The molecule has 0 unspecified atom stereocenters. The summed E-state index contributed by atoms with van der Waals surface area (Å²) in [4.78, 5) is 0. The molecule has 0 amide bonds. The van der Waals surface area contributed by atoms with E-state index in [0.29, 0.717) is 11.1 Å². The van der Waals surface area contributed by atoms with E-state index in [2.05, 4.69) is 0 Å². The lowest BCUT2D eigenvalue weighted by Gasteiger charge is -2.23. The maximum absolute atomic E-state index is 14.7. The normalized spacial score (nSPS) is 11.6. The van der Waals surface area contributed by atoms with Gasteiger partial charge in [0.2, 0.25) is 0 Å². The van der Waals surface area contributed by atoms with Crippen LogP contribution < -0.4 is 0 Å². The predicted octanol–water partition coefficient (Wildman–Crippen LogP) is 2.88. The highest BCUT2D eigenvalue weighted by molar-refractivity contribution is 5.45. The van der Waals surface area contributed by atoms with Crippen LogP contribution in [-0.4, -0.2) is 15.3 Å². The van der Waals surface area contributed by atoms with Gasteiger partial charge in [-0.25, -0.2) is 4.39 Å². The Balaban J connectivity index is 2.58. The summed E-state index contributed by atoms with van der Waals surface area (Å²) in [5.41, 5.74) is 1.02. The third-order valence-corrected chi connectivity index (χ3v) is 3.13. The molecular formula is C15H15FO3. The topological polar surface area (TPSA) is 60.7 Å². The van der Waals surface area contributed by atoms with Crippen molar-refractivity contribution in [3.8, 4) is 11.5 Å². The van der Waals surface area contributed by atoms with E-state index < -0.39 is 5.85 Å². The number of halogens is 1. The standard InChI is InChI=1S/C15H15FO3/c1-9-7-11(17)3-5-13(9)15(16,19)14-6-4-12(18)8-10(14)2/h3-8,17-19H,1-2H3. The Morgan fingerprint density at radius 1 is 0.842 bits per heavy atom. The zero-order chi connectivity index (χ0) is 14.2. The second-order valence-electron chi connectivity index (χ2n) is 4.62. The molecule has 0 saturated carbocycles. The van der Waals surface area contributed by atoms with Gasteiger partial charge in [0, 0.05) is 11.1 Å². The van der Waals surface area contributed by atoms with Crippen LogP contribution in [0.4, 0.5) is 4.39 Å². The molecule has 0 spiro atoms. The van der Waals surface area contributed by atoms with Gasteiger partial charge in [0.05, 0.1) is 0 Å². The molecule has 3 N–H and O–H groups in total. The number of alkyl halides is 1. The third-order valence-electron chi connectivity index (χ3n) is 3.13. The quantitative estimate of drug-likeness (QED) is 0.780. The minimum Gasteiger partial charge on any atom is -0.508 e. The summed E-state index contributed by atoms with van der Waals surface area (Å²) in [6.07, 6.45) is 0. The van der Waals surface area contributed by atoms with Gasteiger partial charge in [-0.05, 0) is 61.4 Å². The van der Waals surface area contributed by atoms with Gasteiger partial charge in [-0.1, -0.05) is 0 Å². The van der Waals surface area contributed by atoms with Gasteiger partial charge < -0.3 is 15.3 Å². The summed E-state index contributed by atoms with van der Waals surface area (Å²) >= 11 is 0. The zero-order valence-corrected chi connectivity index (χ0v) is 10.7. The fourth-order valence-electron chi connectivity index (χ4n) is 2.18. The Morgan fingerprint density at radius 2 is 1.21 bits per heavy atom. The molecule has 0 aromatic heterocycles. The van der Waals surface area contributed by atoms with Crippen LogP contribution in [0.3, 0.4) is 0 Å². The number of aryl methyl sites for hydroxylation is 2. The first-order valence-electron chi connectivity index (χ1n) is 5.84. The molecule has 0 saturated heterocycles. The van der Waals surface area contributed by atoms with E-state index in [1.54, 1.807) is 13.8 Å². The Bertz CT molecular complexity index is 567. The summed E-state index contributed by atoms with van der Waals surface area (Å²) in [6, 6.07) is 8.10. The van der Waals surface area contributed by atoms with Crippen molar-refractivity contribution in [1.82, 2.24) is 0 Å². The first-order chi connectivity index (χ1) is 8.82. The van der Waals surface area contributed by atoms with E-state index in [1.807, 2.05) is 0 Å². The number of phenolic OH excluding ortho intramolecular Hbond substituents is 2. The van der Waals surface area contributed by atoms with E-state index >= 15 is 0 Å². The highest BCUT2D eigenvalue weighted by Crippen LogP contribution is 2.36. The zero-order valence-electron chi connectivity index (χ0n) is 10.7. The van der Waals surface area contributed by atoms with Crippen LogP contribution in [0.5, 0.6) is 11.5 Å². The van der Waals surface area contributed by atoms with Crippen LogP contribution in [-0.2, 0) is 5.85 Å². The van der Waals surface area contributed by atoms with E-state index in [9.17, 15) is 19.7 Å². The van der Waals surface area contributed by atoms with E-state index in [1.165, 1.54) is 36.4 Å². The molecule has 0 atom stereocenters. The molecule has 0 heterocycles. The molecule has 0 fully saturated rings. The average molecular weight is 262 g/mol. The SMILES string of the molecule is Cc1cc(O)ccc1C(O)(F)c1ccc(O)cc1C. The van der Waals surface area contributed by atoms with Crippen LogP contribution in [0.2, 0.25) is 0 Å². The maximum Gasteiger partial charge on any atom is 0.259 e. The number of phenols is 2. The molecule has 0 aliphatic heterocycles. The second-order valence-corrected chi connectivity index (χ2v) is 4.62. The van der Waals surface area contributed by atoms with Gasteiger partial charge in [0.15, 0.2) is 0 Å². The van der Waals surface area contributed by atoms with Gasteiger partial charge in [-0.3, -0.25) is 0 Å². The maximum atomic E-state index is 14.7. The number of hydrogen-bond donors (Lipinski definition) is 3. The lowest BCUT2D eigenvalue weighted by Crippen LogP contribution is -2.23. The number of aliphatic hydroxyl groups is 1. The smallest absolute Gasteiger partial charge is 0.259 e. The van der Waals surface area contributed by atoms with Crippen LogP contribution in [0.15, 0.2) is 36.4 Å². The monoisotopic (exact) mass is 262 g/mol. The van der Waals surface area contributed by atoms with Crippen LogP contribution in [0, 0.1) is 13.8 Å². The Kier molecular flexibility index (Phi) is 3.20. The van der Waals surface area contributed by atoms with Gasteiger partial charge >= 0.3 is 0 Å². The Labute approximate surface area is 110 Å². The summed E-state index contributed by atoms with van der Waals surface area (Å²) in [6.45, 7) is 3.21. The summed E-state index contributed by atoms with van der Waals surface area (Å²) < 4.78 is 14.7. The molecule has 0 bridgehead atoms. The van der Waals surface area contributed by atoms with Crippen molar-refractivity contribution in [3.63, 3.8) is 0 Å². The number of aromatic hydroxyl groups is 2. The van der Waals surface area contributed by atoms with Gasteiger partial charge in [-0.2, -0.15) is 0 Å². The van der Waals surface area contributed by atoms with Crippen LogP contribution >= 0.6 is 0 Å². The lowest BCUT2D eigenvalue weighted by molar-refractivity contribution is -0.0556. The van der Waals surface area contributed by atoms with Gasteiger partial charge in [0.25, 0.3) is 5.85 Å². The molecule has 0 radical (unpaired) electrons. The largest absolute Gasteiger partial charge is 0.508 e. The minimum atomic E-state index is -2.67. The molecule has 100 valence electrons. The molecule has 3 nitrogen and oxygen atoms in total. The lowest BCUT2D eigenvalue weighted by atomic mass is 9.92. The molecular weight excluding hydrogens is 247 g/mol. The summed E-state index contributed by atoms with van der Waals surface area (Å²) in [5.74, 6) is -2.64. The molecule has 2 aromatic rings. The Morgan fingerprint density at radius 3 is 1.53 bits per heavy atom. The fraction of sp³-hybridized carbons (Fsp3) is 0.200. The summed E-state index contributed by atoms with van der Waals surface area (Å²) in [7, 11) is 0.